The van der Waals surface area contributed by atoms with E-state index < -0.39 is 21.4 Å². The van der Waals surface area contributed by atoms with Crippen molar-refractivity contribution in [3.8, 4) is 0 Å². The summed E-state index contributed by atoms with van der Waals surface area (Å²) in [6, 6.07) is 6.77. The van der Waals surface area contributed by atoms with Gasteiger partial charge in [0.1, 0.15) is 6.10 Å². The number of rotatable bonds is 2. The first kappa shape index (κ1) is 13.7. The number of fused-ring (bicyclic) bond motifs is 1. The molecule has 0 spiro atoms. The van der Waals surface area contributed by atoms with Crippen LogP contribution >= 0.6 is 0 Å². The zero-order chi connectivity index (χ0) is 14.2. The van der Waals surface area contributed by atoms with Crippen LogP contribution in [0.3, 0.4) is 0 Å². The van der Waals surface area contributed by atoms with Crippen molar-refractivity contribution in [2.45, 2.75) is 13.0 Å². The summed E-state index contributed by atoms with van der Waals surface area (Å²) >= 11 is 0. The third-order valence-corrected chi connectivity index (χ3v) is 2.99. The standard InChI is InChI=1S/C12H15N3O3S/c1-8(16)11-13-10-7-5-4-6-9(10)12(17)15(11)14-19(2,3)18/h4-8,16H,1-3H3/t8-/m0/s1. The van der Waals surface area contributed by atoms with Crippen LogP contribution in [0.25, 0.3) is 10.9 Å². The molecule has 1 N–H and O–H groups in total. The fourth-order valence-corrected chi connectivity index (χ4v) is 2.24. The Hall–Kier alpha value is -1.73. The number of nitrogens with zero attached hydrogens (tertiary/aromatic N) is 3. The molecule has 0 fully saturated rings. The second-order valence-electron chi connectivity index (χ2n) is 4.54. The third-order valence-electron chi connectivity index (χ3n) is 2.43. The van der Waals surface area contributed by atoms with E-state index in [-0.39, 0.29) is 5.82 Å². The lowest BCUT2D eigenvalue weighted by Gasteiger charge is -2.11. The number of aliphatic hydroxyl groups is 1. The minimum absolute atomic E-state index is 0.0834. The van der Waals surface area contributed by atoms with Crippen LogP contribution in [0.2, 0.25) is 0 Å². The molecule has 1 aromatic carbocycles. The van der Waals surface area contributed by atoms with E-state index in [0.29, 0.717) is 10.9 Å². The van der Waals surface area contributed by atoms with Gasteiger partial charge in [0.2, 0.25) is 0 Å². The Morgan fingerprint density at radius 2 is 2.00 bits per heavy atom. The van der Waals surface area contributed by atoms with Gasteiger partial charge in [-0.1, -0.05) is 12.1 Å². The lowest BCUT2D eigenvalue weighted by Crippen LogP contribution is -2.24. The van der Waals surface area contributed by atoms with Crippen molar-refractivity contribution < 1.29 is 9.32 Å². The van der Waals surface area contributed by atoms with Crippen molar-refractivity contribution in [1.82, 2.24) is 9.66 Å². The summed E-state index contributed by atoms with van der Waals surface area (Å²) in [4.78, 5) is 16.5. The Bertz CT molecular complexity index is 793. The Kier molecular flexibility index (Phi) is 3.42. The molecule has 0 saturated heterocycles. The molecule has 0 amide bonds. The van der Waals surface area contributed by atoms with Crippen molar-refractivity contribution >= 4 is 20.6 Å². The summed E-state index contributed by atoms with van der Waals surface area (Å²) in [6.45, 7) is 1.48. The molecular formula is C12H15N3O3S. The van der Waals surface area contributed by atoms with Gasteiger partial charge >= 0.3 is 0 Å². The quantitative estimate of drug-likeness (QED) is 0.887. The zero-order valence-corrected chi connectivity index (χ0v) is 11.7. The molecule has 7 heteroatoms. The van der Waals surface area contributed by atoms with Gasteiger partial charge in [-0.15, -0.1) is 4.47 Å². The lowest BCUT2D eigenvalue weighted by atomic mass is 10.2. The van der Waals surface area contributed by atoms with Crippen LogP contribution in [0.5, 0.6) is 0 Å². The number of hydrogen-bond donors (Lipinski definition) is 1. The van der Waals surface area contributed by atoms with Crippen molar-refractivity contribution in [2.75, 3.05) is 12.5 Å². The minimum atomic E-state index is -2.54. The third kappa shape index (κ3) is 2.82. The highest BCUT2D eigenvalue weighted by Crippen LogP contribution is 2.13. The van der Waals surface area contributed by atoms with Gasteiger partial charge in [0.05, 0.1) is 20.6 Å². The Morgan fingerprint density at radius 3 is 2.58 bits per heavy atom. The van der Waals surface area contributed by atoms with E-state index in [0.717, 1.165) is 4.68 Å². The SMILES string of the molecule is C[C@H](O)c1nc2ccccc2c(=O)n1N=S(C)(C)=O. The molecule has 0 saturated carbocycles. The van der Waals surface area contributed by atoms with Gasteiger partial charge in [0, 0.05) is 12.5 Å². The fourth-order valence-electron chi connectivity index (χ4n) is 1.69. The molecule has 102 valence electrons. The highest BCUT2D eigenvalue weighted by atomic mass is 32.2. The second kappa shape index (κ2) is 4.75. The number of para-hydroxylation sites is 1. The Balaban J connectivity index is 2.95. The van der Waals surface area contributed by atoms with Crippen LogP contribution in [0.15, 0.2) is 33.5 Å². The summed E-state index contributed by atoms with van der Waals surface area (Å²) < 4.78 is 16.6. The molecule has 6 nitrogen and oxygen atoms in total. The minimum Gasteiger partial charge on any atom is -0.385 e. The van der Waals surface area contributed by atoms with E-state index in [9.17, 15) is 14.1 Å². The molecule has 2 rings (SSSR count). The normalized spacial score (nSPS) is 13.5. The fraction of sp³-hybridized carbons (Fsp3) is 0.333. The number of aromatic nitrogens is 2. The molecule has 0 aliphatic rings. The monoisotopic (exact) mass is 281 g/mol. The molecule has 0 radical (unpaired) electrons. The maximum atomic E-state index is 12.3. The van der Waals surface area contributed by atoms with Crippen LogP contribution in [0.4, 0.5) is 0 Å². The van der Waals surface area contributed by atoms with Gasteiger partial charge in [-0.2, -0.15) is 4.68 Å². The first-order valence-electron chi connectivity index (χ1n) is 5.67. The summed E-state index contributed by atoms with van der Waals surface area (Å²) in [5.74, 6) is 0.0834. The molecule has 2 aromatic rings. The molecule has 0 aliphatic carbocycles. The van der Waals surface area contributed by atoms with Gasteiger partial charge in [0.25, 0.3) is 5.56 Å². The molecule has 0 unspecified atom stereocenters. The van der Waals surface area contributed by atoms with Crippen LogP contribution in [-0.2, 0) is 9.73 Å². The van der Waals surface area contributed by atoms with Crippen LogP contribution in [0, 0.1) is 0 Å². The molecule has 0 bridgehead atoms. The number of aliphatic hydroxyl groups excluding tert-OH is 1. The van der Waals surface area contributed by atoms with Crippen molar-refractivity contribution in [3.63, 3.8) is 0 Å². The van der Waals surface area contributed by atoms with Gasteiger partial charge in [-0.05, 0) is 19.1 Å². The van der Waals surface area contributed by atoms with E-state index in [1.54, 1.807) is 24.3 Å². The van der Waals surface area contributed by atoms with Crippen molar-refractivity contribution in [2.24, 2.45) is 4.47 Å². The van der Waals surface area contributed by atoms with Crippen LogP contribution in [-0.4, -0.2) is 31.5 Å². The maximum Gasteiger partial charge on any atom is 0.282 e. The van der Waals surface area contributed by atoms with Crippen LogP contribution < -0.4 is 5.56 Å². The Morgan fingerprint density at radius 1 is 1.37 bits per heavy atom. The van der Waals surface area contributed by atoms with Crippen molar-refractivity contribution in [1.29, 1.82) is 0 Å². The smallest absolute Gasteiger partial charge is 0.282 e. The average molecular weight is 281 g/mol. The predicted octanol–water partition coefficient (Wildman–Crippen LogP) is 0.940. The summed E-state index contributed by atoms with van der Waals surface area (Å²) in [6.07, 6.45) is 1.85. The first-order chi connectivity index (χ1) is 8.79. The number of benzene rings is 1. The van der Waals surface area contributed by atoms with E-state index in [4.69, 9.17) is 0 Å². The lowest BCUT2D eigenvalue weighted by molar-refractivity contribution is 0.183. The van der Waals surface area contributed by atoms with Crippen LogP contribution in [0.1, 0.15) is 18.9 Å². The van der Waals surface area contributed by atoms with E-state index in [1.807, 2.05) is 0 Å². The highest BCUT2D eigenvalue weighted by Gasteiger charge is 2.15. The zero-order valence-electron chi connectivity index (χ0n) is 10.9. The summed E-state index contributed by atoms with van der Waals surface area (Å²) in [5, 5.41) is 10.1. The summed E-state index contributed by atoms with van der Waals surface area (Å²) in [7, 11) is -2.54. The molecule has 1 heterocycles. The average Bonchev–Trinajstić information content (AvgIpc) is 2.31. The van der Waals surface area contributed by atoms with Gasteiger partial charge in [-0.3, -0.25) is 4.79 Å². The largest absolute Gasteiger partial charge is 0.385 e. The van der Waals surface area contributed by atoms with E-state index >= 15 is 0 Å². The molecule has 0 aliphatic heterocycles. The maximum absolute atomic E-state index is 12.3. The van der Waals surface area contributed by atoms with Gasteiger partial charge < -0.3 is 5.11 Å². The summed E-state index contributed by atoms with van der Waals surface area (Å²) in [5.41, 5.74) is 0.0477. The molecule has 1 atom stereocenters. The van der Waals surface area contributed by atoms with E-state index in [1.165, 1.54) is 19.4 Å². The van der Waals surface area contributed by atoms with Gasteiger partial charge in [-0.25, -0.2) is 9.19 Å². The second-order valence-corrected chi connectivity index (χ2v) is 7.07. The number of hydrogen-bond acceptors (Lipinski definition) is 5. The molecular weight excluding hydrogens is 266 g/mol. The van der Waals surface area contributed by atoms with E-state index in [2.05, 4.69) is 9.46 Å². The van der Waals surface area contributed by atoms with Gasteiger partial charge in [0.15, 0.2) is 5.82 Å². The first-order valence-corrected chi connectivity index (χ1v) is 8.00. The molecule has 1 aromatic heterocycles. The highest BCUT2D eigenvalue weighted by molar-refractivity contribution is 7.92. The molecule has 19 heavy (non-hydrogen) atoms. The Labute approximate surface area is 110 Å². The predicted molar refractivity (Wildman–Crippen MR) is 74.5 cm³/mol. The van der Waals surface area contributed by atoms with Crippen molar-refractivity contribution in [3.05, 3.63) is 40.4 Å². The topological polar surface area (TPSA) is 84.6 Å².